The fraction of sp³-hybridized carbons (Fsp3) is 0.462. The second-order valence-electron chi connectivity index (χ2n) is 4.21. The van der Waals surface area contributed by atoms with Crippen molar-refractivity contribution in [2.45, 2.75) is 6.10 Å². The number of morpholine rings is 1. The van der Waals surface area contributed by atoms with Gasteiger partial charge in [-0.2, -0.15) is 0 Å². The minimum absolute atomic E-state index is 0.0133. The molecular formula is C13H18N2O3. The zero-order valence-electron chi connectivity index (χ0n) is 10.5. The summed E-state index contributed by atoms with van der Waals surface area (Å²) in [5.41, 5.74) is 6.22. The molecule has 1 amide bonds. The fourth-order valence-electron chi connectivity index (χ4n) is 1.96. The highest BCUT2D eigenvalue weighted by atomic mass is 16.5. The Bertz CT molecular complexity index is 405. The topological polar surface area (TPSA) is 64.8 Å². The Morgan fingerprint density at radius 2 is 2.22 bits per heavy atom. The smallest absolute Gasteiger partial charge is 0.254 e. The van der Waals surface area contributed by atoms with Crippen LogP contribution in [0.4, 0.5) is 0 Å². The molecule has 1 aromatic rings. The summed E-state index contributed by atoms with van der Waals surface area (Å²) in [6.07, 6.45) is -0.0547. The number of carbonyl (C=O) groups is 1. The number of ether oxygens (including phenoxy) is 2. The van der Waals surface area contributed by atoms with Gasteiger partial charge in [-0.1, -0.05) is 0 Å². The van der Waals surface area contributed by atoms with Crippen LogP contribution in [0, 0.1) is 0 Å². The maximum absolute atomic E-state index is 12.2. The molecule has 2 rings (SSSR count). The lowest BCUT2D eigenvalue weighted by Crippen LogP contribution is -2.48. The Kier molecular flexibility index (Phi) is 4.17. The maximum Gasteiger partial charge on any atom is 0.254 e. The lowest BCUT2D eigenvalue weighted by Gasteiger charge is -2.32. The third-order valence-corrected chi connectivity index (χ3v) is 3.03. The van der Waals surface area contributed by atoms with Gasteiger partial charge in [0.1, 0.15) is 5.75 Å². The van der Waals surface area contributed by atoms with Crippen molar-refractivity contribution < 1.29 is 14.3 Å². The van der Waals surface area contributed by atoms with Crippen molar-refractivity contribution in [1.82, 2.24) is 4.90 Å². The highest BCUT2D eigenvalue weighted by Crippen LogP contribution is 2.14. The van der Waals surface area contributed by atoms with Gasteiger partial charge in [0, 0.05) is 25.2 Å². The molecule has 1 fully saturated rings. The highest BCUT2D eigenvalue weighted by molar-refractivity contribution is 5.94. The first-order valence-electron chi connectivity index (χ1n) is 5.99. The summed E-state index contributed by atoms with van der Waals surface area (Å²) in [6, 6.07) is 7.12. The van der Waals surface area contributed by atoms with E-state index in [9.17, 15) is 4.79 Å². The van der Waals surface area contributed by atoms with E-state index in [0.717, 1.165) is 5.75 Å². The molecular weight excluding hydrogens is 232 g/mol. The highest BCUT2D eigenvalue weighted by Gasteiger charge is 2.23. The predicted octanol–water partition coefficient (Wildman–Crippen LogP) is 0.495. The number of hydrogen-bond acceptors (Lipinski definition) is 4. The number of nitrogens with two attached hydrogens (primary N) is 1. The molecule has 0 spiro atoms. The summed E-state index contributed by atoms with van der Waals surface area (Å²) in [7, 11) is 1.60. The van der Waals surface area contributed by atoms with Gasteiger partial charge in [-0.15, -0.1) is 0 Å². The lowest BCUT2D eigenvalue weighted by atomic mass is 10.1. The maximum atomic E-state index is 12.2. The van der Waals surface area contributed by atoms with Gasteiger partial charge in [-0.25, -0.2) is 0 Å². The van der Waals surface area contributed by atoms with Crippen LogP contribution < -0.4 is 10.5 Å². The summed E-state index contributed by atoms with van der Waals surface area (Å²) in [5, 5.41) is 0. The van der Waals surface area contributed by atoms with Crippen LogP contribution in [0.5, 0.6) is 5.75 Å². The summed E-state index contributed by atoms with van der Waals surface area (Å²) in [4.78, 5) is 14.0. The molecule has 5 nitrogen and oxygen atoms in total. The molecule has 5 heteroatoms. The molecule has 1 saturated heterocycles. The normalized spacial score (nSPS) is 19.7. The molecule has 98 valence electrons. The monoisotopic (exact) mass is 250 g/mol. The van der Waals surface area contributed by atoms with E-state index in [1.165, 1.54) is 0 Å². The third-order valence-electron chi connectivity index (χ3n) is 3.03. The molecule has 1 aromatic carbocycles. The first kappa shape index (κ1) is 12.9. The second kappa shape index (κ2) is 5.84. The van der Waals surface area contributed by atoms with E-state index >= 15 is 0 Å². The molecule has 1 aliphatic rings. The number of methoxy groups -OCH3 is 1. The molecule has 1 atom stereocenters. The predicted molar refractivity (Wildman–Crippen MR) is 67.7 cm³/mol. The van der Waals surface area contributed by atoms with E-state index in [0.29, 0.717) is 31.8 Å². The van der Waals surface area contributed by atoms with Crippen molar-refractivity contribution in [3.05, 3.63) is 29.8 Å². The number of amides is 1. The van der Waals surface area contributed by atoms with Crippen molar-refractivity contribution in [3.8, 4) is 5.75 Å². The molecule has 0 aliphatic carbocycles. The van der Waals surface area contributed by atoms with E-state index in [-0.39, 0.29) is 12.0 Å². The van der Waals surface area contributed by atoms with Gasteiger partial charge < -0.3 is 20.1 Å². The average molecular weight is 250 g/mol. The standard InChI is InChI=1S/C13H18N2O3/c1-17-11-4-2-10(3-5-11)13(16)15-6-7-18-12(8-14)9-15/h2-5,12H,6-9,14H2,1H3. The Morgan fingerprint density at radius 3 is 2.83 bits per heavy atom. The van der Waals surface area contributed by atoms with E-state index < -0.39 is 0 Å². The molecule has 0 saturated carbocycles. The quantitative estimate of drug-likeness (QED) is 0.848. The summed E-state index contributed by atoms with van der Waals surface area (Å²) in [6.45, 7) is 2.15. The van der Waals surface area contributed by atoms with Crippen LogP contribution >= 0.6 is 0 Å². The van der Waals surface area contributed by atoms with Gasteiger partial charge in [-0.3, -0.25) is 4.79 Å². The number of rotatable bonds is 3. The molecule has 1 aliphatic heterocycles. The summed E-state index contributed by atoms with van der Waals surface area (Å²) in [5.74, 6) is 0.757. The van der Waals surface area contributed by atoms with E-state index in [1.807, 2.05) is 0 Å². The molecule has 1 unspecified atom stereocenters. The van der Waals surface area contributed by atoms with E-state index in [2.05, 4.69) is 0 Å². The van der Waals surface area contributed by atoms with Crippen molar-refractivity contribution in [2.24, 2.45) is 5.73 Å². The van der Waals surface area contributed by atoms with E-state index in [4.69, 9.17) is 15.2 Å². The number of carbonyl (C=O) groups excluding carboxylic acids is 1. The number of nitrogens with zero attached hydrogens (tertiary/aromatic N) is 1. The van der Waals surface area contributed by atoms with Crippen LogP contribution in [0.25, 0.3) is 0 Å². The van der Waals surface area contributed by atoms with E-state index in [1.54, 1.807) is 36.3 Å². The fourth-order valence-corrected chi connectivity index (χ4v) is 1.96. The minimum atomic E-state index is -0.0547. The van der Waals surface area contributed by atoms with Crippen molar-refractivity contribution in [2.75, 3.05) is 33.4 Å². The van der Waals surface area contributed by atoms with Gasteiger partial charge in [-0.05, 0) is 24.3 Å². The van der Waals surface area contributed by atoms with Gasteiger partial charge >= 0.3 is 0 Å². The van der Waals surface area contributed by atoms with Crippen LogP contribution in [-0.2, 0) is 4.74 Å². The van der Waals surface area contributed by atoms with Crippen LogP contribution in [0.3, 0.4) is 0 Å². The first-order chi connectivity index (χ1) is 8.74. The van der Waals surface area contributed by atoms with Crippen LogP contribution in [0.15, 0.2) is 24.3 Å². The minimum Gasteiger partial charge on any atom is -0.497 e. The molecule has 0 bridgehead atoms. The van der Waals surface area contributed by atoms with Gasteiger partial charge in [0.25, 0.3) is 5.91 Å². The largest absolute Gasteiger partial charge is 0.497 e. The van der Waals surface area contributed by atoms with Crippen molar-refractivity contribution in [1.29, 1.82) is 0 Å². The Labute approximate surface area is 106 Å². The SMILES string of the molecule is COc1ccc(C(=O)N2CCOC(CN)C2)cc1. The first-order valence-corrected chi connectivity index (χ1v) is 5.99. The van der Waals surface area contributed by atoms with Crippen LogP contribution in [0.2, 0.25) is 0 Å². The zero-order valence-corrected chi connectivity index (χ0v) is 10.5. The van der Waals surface area contributed by atoms with Crippen molar-refractivity contribution >= 4 is 5.91 Å². The van der Waals surface area contributed by atoms with Crippen LogP contribution in [-0.4, -0.2) is 50.3 Å². The molecule has 18 heavy (non-hydrogen) atoms. The zero-order chi connectivity index (χ0) is 13.0. The second-order valence-corrected chi connectivity index (χ2v) is 4.21. The molecule has 1 heterocycles. The third kappa shape index (κ3) is 2.80. The number of benzene rings is 1. The molecule has 0 aromatic heterocycles. The van der Waals surface area contributed by atoms with Gasteiger partial charge in [0.15, 0.2) is 0 Å². The molecule has 2 N–H and O–H groups in total. The Balaban J connectivity index is 2.05. The Morgan fingerprint density at radius 1 is 1.50 bits per heavy atom. The lowest BCUT2D eigenvalue weighted by molar-refractivity contribution is -0.0167. The number of hydrogen-bond donors (Lipinski definition) is 1. The van der Waals surface area contributed by atoms with Crippen LogP contribution in [0.1, 0.15) is 10.4 Å². The van der Waals surface area contributed by atoms with Gasteiger partial charge in [0.2, 0.25) is 0 Å². The summed E-state index contributed by atoms with van der Waals surface area (Å²) < 4.78 is 10.5. The Hall–Kier alpha value is -1.59. The summed E-state index contributed by atoms with van der Waals surface area (Å²) >= 11 is 0. The average Bonchev–Trinajstić information content (AvgIpc) is 2.46. The molecule has 0 radical (unpaired) electrons. The van der Waals surface area contributed by atoms with Gasteiger partial charge in [0.05, 0.1) is 19.8 Å². The van der Waals surface area contributed by atoms with Crippen molar-refractivity contribution in [3.63, 3.8) is 0 Å².